The van der Waals surface area contributed by atoms with E-state index in [2.05, 4.69) is 15.4 Å². The Morgan fingerprint density at radius 1 is 1.39 bits per heavy atom. The molecular weight excluding hydrogens is 294 g/mol. The lowest BCUT2D eigenvalue weighted by atomic mass is 10.1. The summed E-state index contributed by atoms with van der Waals surface area (Å²) in [7, 11) is 1.77. The fourth-order valence-corrected chi connectivity index (χ4v) is 2.61. The maximum Gasteiger partial charge on any atom is 0.251 e. The molecule has 0 aliphatic heterocycles. The molecule has 7 heteroatoms. The number of aryl methyl sites for hydroxylation is 2. The average molecular weight is 313 g/mol. The van der Waals surface area contributed by atoms with E-state index in [9.17, 15) is 9.90 Å². The highest BCUT2D eigenvalue weighted by atomic mass is 16.3. The number of aromatic nitrogens is 4. The Balaban J connectivity index is 1.70. The summed E-state index contributed by atoms with van der Waals surface area (Å²) in [5.41, 5.74) is 1.14. The number of benzene rings is 1. The van der Waals surface area contributed by atoms with Crippen LogP contribution in [0.4, 0.5) is 0 Å². The molecule has 0 bridgehead atoms. The van der Waals surface area contributed by atoms with Gasteiger partial charge >= 0.3 is 0 Å². The van der Waals surface area contributed by atoms with Crippen LogP contribution in [0.3, 0.4) is 0 Å². The second kappa shape index (κ2) is 6.12. The molecule has 0 unspecified atom stereocenters. The fourth-order valence-electron chi connectivity index (χ4n) is 2.61. The van der Waals surface area contributed by atoms with Crippen molar-refractivity contribution in [1.82, 2.24) is 24.6 Å². The first-order chi connectivity index (χ1) is 11.1. The van der Waals surface area contributed by atoms with Crippen LogP contribution in [0.15, 0.2) is 30.7 Å². The largest absolute Gasteiger partial charge is 0.507 e. The lowest BCUT2D eigenvalue weighted by molar-refractivity contribution is 0.0952. The summed E-state index contributed by atoms with van der Waals surface area (Å²) in [6.07, 6.45) is 6.09. The van der Waals surface area contributed by atoms with Gasteiger partial charge < -0.3 is 15.0 Å². The predicted octanol–water partition coefficient (Wildman–Crippen LogP) is 1.47. The molecule has 1 amide bonds. The number of amides is 1. The molecule has 0 spiro atoms. The molecule has 3 rings (SSSR count). The van der Waals surface area contributed by atoms with Gasteiger partial charge in [-0.1, -0.05) is 6.92 Å². The van der Waals surface area contributed by atoms with Crippen LogP contribution in [0.5, 0.6) is 5.75 Å². The molecule has 23 heavy (non-hydrogen) atoms. The van der Waals surface area contributed by atoms with Gasteiger partial charge in [-0.3, -0.25) is 9.48 Å². The second-order valence-electron chi connectivity index (χ2n) is 5.34. The minimum atomic E-state index is -0.221. The van der Waals surface area contributed by atoms with Crippen LogP contribution in [-0.4, -0.2) is 36.9 Å². The zero-order valence-electron chi connectivity index (χ0n) is 13.2. The van der Waals surface area contributed by atoms with E-state index in [0.29, 0.717) is 24.0 Å². The minimum absolute atomic E-state index is 0.0589. The quantitative estimate of drug-likeness (QED) is 0.747. The van der Waals surface area contributed by atoms with Gasteiger partial charge in [-0.05, 0) is 12.1 Å². The summed E-state index contributed by atoms with van der Waals surface area (Å²) < 4.78 is 3.65. The average Bonchev–Trinajstić information content (AvgIpc) is 3.14. The summed E-state index contributed by atoms with van der Waals surface area (Å²) in [5, 5.41) is 17.6. The second-order valence-corrected chi connectivity index (χ2v) is 5.34. The molecule has 0 fully saturated rings. The van der Waals surface area contributed by atoms with E-state index < -0.39 is 0 Å². The van der Waals surface area contributed by atoms with Crippen LogP contribution in [0.25, 0.3) is 10.9 Å². The number of phenols is 1. The van der Waals surface area contributed by atoms with Gasteiger partial charge in [-0.2, -0.15) is 5.10 Å². The normalized spacial score (nSPS) is 11.0. The third kappa shape index (κ3) is 2.90. The van der Waals surface area contributed by atoms with Gasteiger partial charge in [0, 0.05) is 44.5 Å². The number of aromatic hydroxyl groups is 1. The van der Waals surface area contributed by atoms with Crippen LogP contribution in [0, 0.1) is 0 Å². The zero-order valence-corrected chi connectivity index (χ0v) is 13.2. The Morgan fingerprint density at radius 2 is 2.22 bits per heavy atom. The highest BCUT2D eigenvalue weighted by molar-refractivity contribution is 5.99. The van der Waals surface area contributed by atoms with Gasteiger partial charge in [0.15, 0.2) is 0 Å². The highest BCUT2D eigenvalue weighted by Crippen LogP contribution is 2.25. The van der Waals surface area contributed by atoms with E-state index in [1.807, 2.05) is 17.7 Å². The number of hydrogen-bond acceptors (Lipinski definition) is 4. The van der Waals surface area contributed by atoms with Gasteiger partial charge in [-0.25, -0.2) is 4.98 Å². The molecule has 0 atom stereocenters. The van der Waals surface area contributed by atoms with Crippen molar-refractivity contribution in [3.05, 3.63) is 42.1 Å². The summed E-state index contributed by atoms with van der Waals surface area (Å²) in [6.45, 7) is 3.20. The van der Waals surface area contributed by atoms with Crippen LogP contribution in [0.2, 0.25) is 0 Å². The maximum atomic E-state index is 12.3. The summed E-state index contributed by atoms with van der Waals surface area (Å²) in [4.78, 5) is 16.5. The number of rotatable bonds is 5. The van der Waals surface area contributed by atoms with E-state index in [4.69, 9.17) is 0 Å². The number of phenolic OH excluding ortho intramolecular Hbond substituents is 1. The molecule has 0 saturated heterocycles. The lowest BCUT2D eigenvalue weighted by Gasteiger charge is -2.09. The Hall–Kier alpha value is -2.83. The Morgan fingerprint density at radius 3 is 3.00 bits per heavy atom. The van der Waals surface area contributed by atoms with Gasteiger partial charge in [0.05, 0.1) is 17.1 Å². The summed E-state index contributed by atoms with van der Waals surface area (Å²) in [6, 6.07) is 3.19. The van der Waals surface area contributed by atoms with E-state index >= 15 is 0 Å². The molecule has 2 N–H and O–H groups in total. The van der Waals surface area contributed by atoms with Gasteiger partial charge in [-0.15, -0.1) is 0 Å². The van der Waals surface area contributed by atoms with Crippen LogP contribution in [0.1, 0.15) is 23.1 Å². The topological polar surface area (TPSA) is 85.0 Å². The van der Waals surface area contributed by atoms with Gasteiger partial charge in [0.1, 0.15) is 11.6 Å². The molecule has 2 heterocycles. The number of carbonyl (C=O) groups excluding carboxylic acids is 1. The number of nitrogens with zero attached hydrogens (tertiary/aromatic N) is 4. The van der Waals surface area contributed by atoms with E-state index in [1.54, 1.807) is 30.2 Å². The van der Waals surface area contributed by atoms with Crippen molar-refractivity contribution in [2.24, 2.45) is 7.05 Å². The monoisotopic (exact) mass is 313 g/mol. The number of imidazole rings is 1. The lowest BCUT2D eigenvalue weighted by Crippen LogP contribution is -2.27. The molecule has 1 aromatic carbocycles. The van der Waals surface area contributed by atoms with E-state index in [-0.39, 0.29) is 11.7 Å². The first kappa shape index (κ1) is 15.1. The SMILES string of the molecule is CCc1nccn1CCNC(=O)c1cc(O)c2cnn(C)c2c1. The van der Waals surface area contributed by atoms with Crippen LogP contribution < -0.4 is 5.32 Å². The van der Waals surface area contributed by atoms with Crippen molar-refractivity contribution in [1.29, 1.82) is 0 Å². The standard InChI is InChI=1S/C16H19N5O2/c1-3-15-17-4-6-21(15)7-5-18-16(23)11-8-13-12(14(22)9-11)10-19-20(13)2/h4,6,8-10,22H,3,5,7H2,1-2H3,(H,18,23). The van der Waals surface area contributed by atoms with E-state index in [0.717, 1.165) is 17.8 Å². The molecular formula is C16H19N5O2. The maximum absolute atomic E-state index is 12.3. The van der Waals surface area contributed by atoms with Crippen molar-refractivity contribution in [2.75, 3.05) is 6.54 Å². The molecule has 0 aliphatic carbocycles. The Kier molecular flexibility index (Phi) is 4.01. The molecule has 0 radical (unpaired) electrons. The van der Waals surface area contributed by atoms with Crippen molar-refractivity contribution in [3.8, 4) is 5.75 Å². The van der Waals surface area contributed by atoms with Crippen molar-refractivity contribution < 1.29 is 9.90 Å². The first-order valence-corrected chi connectivity index (χ1v) is 7.53. The summed E-state index contributed by atoms with van der Waals surface area (Å²) >= 11 is 0. The predicted molar refractivity (Wildman–Crippen MR) is 86.3 cm³/mol. The molecule has 120 valence electrons. The van der Waals surface area contributed by atoms with Crippen molar-refractivity contribution in [2.45, 2.75) is 19.9 Å². The molecule has 0 aliphatic rings. The number of hydrogen-bond donors (Lipinski definition) is 2. The highest BCUT2D eigenvalue weighted by Gasteiger charge is 2.12. The number of nitrogens with one attached hydrogen (secondary N) is 1. The molecule has 3 aromatic rings. The minimum Gasteiger partial charge on any atom is -0.507 e. The fraction of sp³-hybridized carbons (Fsp3) is 0.312. The van der Waals surface area contributed by atoms with Crippen molar-refractivity contribution in [3.63, 3.8) is 0 Å². The molecule has 0 saturated carbocycles. The van der Waals surface area contributed by atoms with Gasteiger partial charge in [0.2, 0.25) is 0 Å². The van der Waals surface area contributed by atoms with Gasteiger partial charge in [0.25, 0.3) is 5.91 Å². The number of carbonyl (C=O) groups is 1. The zero-order chi connectivity index (χ0) is 16.4. The third-order valence-electron chi connectivity index (χ3n) is 3.86. The van der Waals surface area contributed by atoms with E-state index in [1.165, 1.54) is 6.07 Å². The number of fused-ring (bicyclic) bond motifs is 1. The molecule has 2 aromatic heterocycles. The Labute approximate surface area is 133 Å². The first-order valence-electron chi connectivity index (χ1n) is 7.53. The summed E-state index contributed by atoms with van der Waals surface area (Å²) in [5.74, 6) is 0.832. The smallest absolute Gasteiger partial charge is 0.251 e. The molecule has 7 nitrogen and oxygen atoms in total. The van der Waals surface area contributed by atoms with Crippen molar-refractivity contribution >= 4 is 16.8 Å². The third-order valence-corrected chi connectivity index (χ3v) is 3.86. The van der Waals surface area contributed by atoms with Crippen LogP contribution in [-0.2, 0) is 20.0 Å². The Bertz CT molecular complexity index is 849. The van der Waals surface area contributed by atoms with Crippen LogP contribution >= 0.6 is 0 Å².